The Hall–Kier alpha value is -1.61. The number of ether oxygens (including phenoxy) is 1. The maximum atomic E-state index is 8.41. The van der Waals surface area contributed by atoms with E-state index in [-0.39, 0.29) is 12.1 Å². The van der Waals surface area contributed by atoms with E-state index in [2.05, 4.69) is 10.1 Å². The summed E-state index contributed by atoms with van der Waals surface area (Å²) < 4.78 is 6.68. The molecule has 0 bridgehead atoms. The summed E-state index contributed by atoms with van der Waals surface area (Å²) in [6, 6.07) is 1.96. The Morgan fingerprint density at radius 3 is 3.15 bits per heavy atom. The van der Waals surface area contributed by atoms with E-state index in [1.807, 2.05) is 6.07 Å². The molecule has 0 aliphatic rings. The van der Waals surface area contributed by atoms with Crippen LogP contribution in [0.5, 0.6) is 0 Å². The largest absolute Gasteiger partial charge is 0.367 e. The van der Waals surface area contributed by atoms with E-state index in [1.54, 1.807) is 11.6 Å². The van der Waals surface area contributed by atoms with Gasteiger partial charge < -0.3 is 10.5 Å². The average molecular weight is 181 g/mol. The molecule has 1 heterocycles. The van der Waals surface area contributed by atoms with Crippen molar-refractivity contribution in [3.8, 4) is 6.07 Å². The summed E-state index contributed by atoms with van der Waals surface area (Å²) in [7, 11) is 0. The standard InChI is InChI=1S/C7H11N5O/c1-6(4-8)13-3-2-12-5-10-7(9)11-12/h5-6H,2-3H2,1H3,(H2,9,11). The second kappa shape index (κ2) is 4.42. The van der Waals surface area contributed by atoms with E-state index in [4.69, 9.17) is 15.7 Å². The molecule has 70 valence electrons. The lowest BCUT2D eigenvalue weighted by Gasteiger charge is -2.04. The van der Waals surface area contributed by atoms with Gasteiger partial charge in [0.15, 0.2) is 0 Å². The smallest absolute Gasteiger partial charge is 0.239 e. The Morgan fingerprint density at radius 1 is 1.85 bits per heavy atom. The van der Waals surface area contributed by atoms with Gasteiger partial charge in [0.2, 0.25) is 5.95 Å². The highest BCUT2D eigenvalue weighted by Gasteiger charge is 1.99. The molecule has 6 heteroatoms. The van der Waals surface area contributed by atoms with Crippen molar-refractivity contribution in [3.05, 3.63) is 6.33 Å². The highest BCUT2D eigenvalue weighted by atomic mass is 16.5. The van der Waals surface area contributed by atoms with Gasteiger partial charge >= 0.3 is 0 Å². The second-order valence-electron chi connectivity index (χ2n) is 2.51. The van der Waals surface area contributed by atoms with Crippen LogP contribution in [0.15, 0.2) is 6.33 Å². The highest BCUT2D eigenvalue weighted by molar-refractivity contribution is 5.09. The minimum absolute atomic E-state index is 0.244. The van der Waals surface area contributed by atoms with Crippen LogP contribution in [0.2, 0.25) is 0 Å². The fourth-order valence-corrected chi connectivity index (χ4v) is 0.777. The maximum absolute atomic E-state index is 8.41. The zero-order valence-electron chi connectivity index (χ0n) is 7.34. The first-order valence-corrected chi connectivity index (χ1v) is 3.88. The fourth-order valence-electron chi connectivity index (χ4n) is 0.777. The van der Waals surface area contributed by atoms with E-state index in [0.29, 0.717) is 13.2 Å². The SMILES string of the molecule is CC(C#N)OCCn1cnc(N)n1. The Bertz CT molecular complexity index is 302. The van der Waals surface area contributed by atoms with Crippen molar-refractivity contribution in [1.29, 1.82) is 5.26 Å². The minimum Gasteiger partial charge on any atom is -0.367 e. The maximum Gasteiger partial charge on any atom is 0.239 e. The zero-order chi connectivity index (χ0) is 9.68. The topological polar surface area (TPSA) is 89.8 Å². The van der Waals surface area contributed by atoms with Crippen LogP contribution in [0.4, 0.5) is 5.95 Å². The molecule has 1 rings (SSSR count). The monoisotopic (exact) mass is 181 g/mol. The van der Waals surface area contributed by atoms with Crippen LogP contribution in [0.3, 0.4) is 0 Å². The first kappa shape index (κ1) is 9.48. The first-order valence-electron chi connectivity index (χ1n) is 3.88. The van der Waals surface area contributed by atoms with E-state index < -0.39 is 0 Å². The summed E-state index contributed by atoms with van der Waals surface area (Å²) in [4.78, 5) is 3.74. The number of hydrogen-bond donors (Lipinski definition) is 1. The summed E-state index contributed by atoms with van der Waals surface area (Å²) in [5, 5.41) is 12.3. The summed E-state index contributed by atoms with van der Waals surface area (Å²) in [5.41, 5.74) is 5.30. The summed E-state index contributed by atoms with van der Waals surface area (Å²) >= 11 is 0. The van der Waals surface area contributed by atoms with E-state index in [1.165, 1.54) is 6.33 Å². The van der Waals surface area contributed by atoms with Gasteiger partial charge in [-0.15, -0.1) is 5.10 Å². The van der Waals surface area contributed by atoms with E-state index in [0.717, 1.165) is 0 Å². The number of nitrogens with zero attached hydrogens (tertiary/aromatic N) is 4. The van der Waals surface area contributed by atoms with Gasteiger partial charge in [-0.3, -0.25) is 0 Å². The first-order chi connectivity index (χ1) is 6.22. The van der Waals surface area contributed by atoms with Crippen LogP contribution >= 0.6 is 0 Å². The molecule has 1 unspecified atom stereocenters. The Balaban J connectivity index is 2.25. The molecule has 2 N–H and O–H groups in total. The molecule has 0 spiro atoms. The third-order valence-electron chi connectivity index (χ3n) is 1.42. The van der Waals surface area contributed by atoms with Gasteiger partial charge in [0.25, 0.3) is 0 Å². The molecule has 0 aliphatic heterocycles. The average Bonchev–Trinajstić information content (AvgIpc) is 2.51. The number of rotatable bonds is 4. The lowest BCUT2D eigenvalue weighted by atomic mass is 10.5. The quantitative estimate of drug-likeness (QED) is 0.694. The molecular formula is C7H11N5O. The Morgan fingerprint density at radius 2 is 2.62 bits per heavy atom. The fraction of sp³-hybridized carbons (Fsp3) is 0.571. The summed E-state index contributed by atoms with van der Waals surface area (Å²) in [6.45, 7) is 2.67. The van der Waals surface area contributed by atoms with Crippen molar-refractivity contribution < 1.29 is 4.74 Å². The van der Waals surface area contributed by atoms with Crippen molar-refractivity contribution in [3.63, 3.8) is 0 Å². The minimum atomic E-state index is -0.388. The van der Waals surface area contributed by atoms with Crippen LogP contribution in [-0.2, 0) is 11.3 Å². The Labute approximate surface area is 75.9 Å². The van der Waals surface area contributed by atoms with Crippen LogP contribution < -0.4 is 5.73 Å². The molecule has 0 amide bonds. The number of hydrogen-bond acceptors (Lipinski definition) is 5. The van der Waals surface area contributed by atoms with Crippen LogP contribution in [0, 0.1) is 11.3 Å². The normalized spacial score (nSPS) is 12.3. The van der Waals surface area contributed by atoms with Crippen LogP contribution in [0.1, 0.15) is 6.92 Å². The summed E-state index contributed by atoms with van der Waals surface area (Å²) in [5.74, 6) is 0.244. The van der Waals surface area contributed by atoms with Crippen molar-refractivity contribution in [1.82, 2.24) is 14.8 Å². The highest BCUT2D eigenvalue weighted by Crippen LogP contribution is 1.92. The van der Waals surface area contributed by atoms with Crippen LogP contribution in [-0.4, -0.2) is 27.5 Å². The molecule has 6 nitrogen and oxygen atoms in total. The molecule has 1 aromatic rings. The molecule has 1 aromatic heterocycles. The van der Waals surface area contributed by atoms with Crippen molar-refractivity contribution in [2.45, 2.75) is 19.6 Å². The molecule has 0 aliphatic carbocycles. The van der Waals surface area contributed by atoms with Gasteiger partial charge in [-0.25, -0.2) is 9.67 Å². The van der Waals surface area contributed by atoms with Crippen LogP contribution in [0.25, 0.3) is 0 Å². The van der Waals surface area contributed by atoms with Crippen molar-refractivity contribution in [2.75, 3.05) is 12.3 Å². The lowest BCUT2D eigenvalue weighted by Crippen LogP contribution is -2.12. The number of nitriles is 1. The number of nitrogen functional groups attached to an aromatic ring is 1. The van der Waals surface area contributed by atoms with Gasteiger partial charge in [-0.1, -0.05) is 0 Å². The molecule has 0 saturated heterocycles. The predicted molar refractivity (Wildman–Crippen MR) is 45.5 cm³/mol. The molecule has 0 aromatic carbocycles. The third kappa shape index (κ3) is 3.09. The molecule has 13 heavy (non-hydrogen) atoms. The predicted octanol–water partition coefficient (Wildman–Crippen LogP) is -0.211. The third-order valence-corrected chi connectivity index (χ3v) is 1.42. The van der Waals surface area contributed by atoms with E-state index >= 15 is 0 Å². The van der Waals surface area contributed by atoms with Gasteiger partial charge in [-0.05, 0) is 6.92 Å². The molecule has 1 atom stereocenters. The lowest BCUT2D eigenvalue weighted by molar-refractivity contribution is 0.0931. The van der Waals surface area contributed by atoms with Gasteiger partial charge in [0.1, 0.15) is 12.4 Å². The van der Waals surface area contributed by atoms with Gasteiger partial charge in [0.05, 0.1) is 19.2 Å². The number of anilines is 1. The van der Waals surface area contributed by atoms with Crippen molar-refractivity contribution in [2.24, 2.45) is 0 Å². The molecule has 0 radical (unpaired) electrons. The van der Waals surface area contributed by atoms with Crippen molar-refractivity contribution >= 4 is 5.95 Å². The molecule has 0 saturated carbocycles. The Kier molecular flexibility index (Phi) is 3.23. The van der Waals surface area contributed by atoms with Gasteiger partial charge in [-0.2, -0.15) is 5.26 Å². The zero-order valence-corrected chi connectivity index (χ0v) is 7.34. The summed E-state index contributed by atoms with van der Waals surface area (Å²) in [6.07, 6.45) is 1.14. The second-order valence-corrected chi connectivity index (χ2v) is 2.51. The van der Waals surface area contributed by atoms with E-state index in [9.17, 15) is 0 Å². The number of aromatic nitrogens is 3. The van der Waals surface area contributed by atoms with Gasteiger partial charge in [0, 0.05) is 0 Å². The molecular weight excluding hydrogens is 170 g/mol. The molecule has 0 fully saturated rings. The number of nitrogens with two attached hydrogens (primary N) is 1.